The van der Waals surface area contributed by atoms with Crippen LogP contribution in [0.5, 0.6) is 0 Å². The molecule has 0 saturated carbocycles. The predicted molar refractivity (Wildman–Crippen MR) is 242 cm³/mol. The lowest BCUT2D eigenvalue weighted by Crippen LogP contribution is -2.46. The molecule has 0 radical (unpaired) electrons. The minimum absolute atomic E-state index is 0.132. The molecule has 1 amide bonds. The molecule has 0 bridgehead atoms. The highest BCUT2D eigenvalue weighted by atomic mass is 35.5. The average molecular weight is 886 g/mol. The maximum absolute atomic E-state index is 13.4. The zero-order chi connectivity index (χ0) is 43.4. The molecule has 1 saturated heterocycles. The molecule has 1 aliphatic rings. The summed E-state index contributed by atoms with van der Waals surface area (Å²) in [6, 6.07) is 36.0. The van der Waals surface area contributed by atoms with Crippen molar-refractivity contribution in [1.82, 2.24) is 14.5 Å². The quantitative estimate of drug-likeness (QED) is 0.0360. The van der Waals surface area contributed by atoms with E-state index in [-0.39, 0.29) is 29.7 Å². The molecule has 320 valence electrons. The fraction of sp³-hybridized carbons (Fsp3) is 0.289. The van der Waals surface area contributed by atoms with Gasteiger partial charge < -0.3 is 19.9 Å². The van der Waals surface area contributed by atoms with Gasteiger partial charge in [0.2, 0.25) is 0 Å². The Labute approximate surface area is 366 Å². The third kappa shape index (κ3) is 12.8. The van der Waals surface area contributed by atoms with E-state index in [0.29, 0.717) is 30.3 Å². The maximum atomic E-state index is 13.4. The van der Waals surface area contributed by atoms with E-state index >= 15 is 0 Å². The van der Waals surface area contributed by atoms with E-state index in [1.165, 1.54) is 30.4 Å². The van der Waals surface area contributed by atoms with Crippen molar-refractivity contribution in [2.24, 2.45) is 0 Å². The number of nitro benzene ring substituents is 1. The van der Waals surface area contributed by atoms with Crippen molar-refractivity contribution in [3.63, 3.8) is 0 Å². The van der Waals surface area contributed by atoms with E-state index in [4.69, 9.17) is 16.3 Å². The van der Waals surface area contributed by atoms with Crippen LogP contribution < -0.4 is 14.9 Å². The van der Waals surface area contributed by atoms with Crippen LogP contribution in [-0.4, -0.2) is 100 Å². The van der Waals surface area contributed by atoms with Crippen molar-refractivity contribution < 1.29 is 27.7 Å². The molecule has 0 aliphatic carbocycles. The number of methoxy groups -OCH3 is 1. The summed E-state index contributed by atoms with van der Waals surface area (Å²) in [5, 5.41) is 16.3. The van der Waals surface area contributed by atoms with Crippen molar-refractivity contribution in [2.75, 3.05) is 69.4 Å². The van der Waals surface area contributed by atoms with E-state index in [0.717, 1.165) is 54.9 Å². The molecule has 0 spiro atoms. The first-order valence-corrected chi connectivity index (χ1v) is 22.7. The summed E-state index contributed by atoms with van der Waals surface area (Å²) in [6.07, 6.45) is 0.801. The molecule has 13 nitrogen and oxygen atoms in total. The fourth-order valence-corrected chi connectivity index (χ4v) is 9.11. The summed E-state index contributed by atoms with van der Waals surface area (Å²) in [7, 11) is -1.26. The van der Waals surface area contributed by atoms with Gasteiger partial charge in [0.05, 0.1) is 23.3 Å². The molecular weight excluding hydrogens is 836 g/mol. The van der Waals surface area contributed by atoms with Gasteiger partial charge in [0.1, 0.15) is 5.69 Å². The Morgan fingerprint density at radius 3 is 2.28 bits per heavy atom. The van der Waals surface area contributed by atoms with Gasteiger partial charge in [0.25, 0.3) is 21.6 Å². The molecule has 0 aromatic heterocycles. The minimum atomic E-state index is -4.48. The van der Waals surface area contributed by atoms with Gasteiger partial charge in [0.15, 0.2) is 0 Å². The zero-order valence-corrected chi connectivity index (χ0v) is 36.4. The molecule has 1 heterocycles. The largest absolute Gasteiger partial charge is 0.469 e. The Bertz CT molecular complexity index is 2380. The molecule has 5 aromatic rings. The van der Waals surface area contributed by atoms with Crippen LogP contribution >= 0.6 is 23.4 Å². The van der Waals surface area contributed by atoms with Crippen molar-refractivity contribution >= 4 is 62.3 Å². The predicted octanol–water partition coefficient (Wildman–Crippen LogP) is 7.81. The van der Waals surface area contributed by atoms with Crippen LogP contribution in [0.1, 0.15) is 28.8 Å². The second-order valence-corrected chi connectivity index (χ2v) is 17.9. The van der Waals surface area contributed by atoms with Crippen LogP contribution in [-0.2, 0) is 26.1 Å². The number of nitro groups is 1. The molecule has 16 heteroatoms. The van der Waals surface area contributed by atoms with Crippen molar-refractivity contribution in [1.29, 1.82) is 0 Å². The number of piperazine rings is 1. The maximum Gasteiger partial charge on any atom is 0.306 e. The second-order valence-electron chi connectivity index (χ2n) is 14.7. The van der Waals surface area contributed by atoms with E-state index in [2.05, 4.69) is 38.0 Å². The first kappa shape index (κ1) is 45.1. The van der Waals surface area contributed by atoms with E-state index in [1.807, 2.05) is 72.6 Å². The molecule has 6 rings (SSSR count). The van der Waals surface area contributed by atoms with Crippen molar-refractivity contribution in [3.8, 4) is 11.1 Å². The molecule has 1 fully saturated rings. The Morgan fingerprint density at radius 2 is 1.59 bits per heavy atom. The van der Waals surface area contributed by atoms with Crippen LogP contribution in [0, 0.1) is 10.1 Å². The van der Waals surface area contributed by atoms with Gasteiger partial charge in [-0.05, 0) is 97.4 Å². The number of benzene rings is 5. The highest BCUT2D eigenvalue weighted by molar-refractivity contribution is 7.99. The summed E-state index contributed by atoms with van der Waals surface area (Å²) in [4.78, 5) is 43.8. The first-order chi connectivity index (χ1) is 29.4. The smallest absolute Gasteiger partial charge is 0.306 e. The summed E-state index contributed by atoms with van der Waals surface area (Å²) >= 11 is 7.70. The standard InChI is InChI=1S/C45H49ClN6O7S2/c1-49(25-23-44(53)59-2)24-22-37(32-60-39-9-4-3-5-10-39)47-42-21-20-40(30-43(42)52(55)56)61(57,58)48-45(54)34-14-18-38(19-15-34)51-28-26-50(27-29-51)31-35-8-6-7-11-41(35)33-12-16-36(46)17-13-33/h3-21,30,37,47H,22-29,31-32H2,1-2H3,(H,48,54)/t37-/m1/s1. The van der Waals surface area contributed by atoms with Gasteiger partial charge >= 0.3 is 5.97 Å². The van der Waals surface area contributed by atoms with Crippen LogP contribution in [0.3, 0.4) is 0 Å². The number of thioether (sulfide) groups is 1. The number of esters is 1. The number of carbonyl (C=O) groups is 2. The molecule has 2 N–H and O–H groups in total. The highest BCUT2D eigenvalue weighted by Crippen LogP contribution is 2.31. The van der Waals surface area contributed by atoms with Gasteiger partial charge in [-0.2, -0.15) is 0 Å². The lowest BCUT2D eigenvalue weighted by molar-refractivity contribution is -0.384. The summed E-state index contributed by atoms with van der Waals surface area (Å²) in [5.41, 5.74) is 4.27. The van der Waals surface area contributed by atoms with Crippen LogP contribution in [0.2, 0.25) is 5.02 Å². The molecular formula is C45H49ClN6O7S2. The number of rotatable bonds is 19. The number of hydrogen-bond acceptors (Lipinski definition) is 12. The topological polar surface area (TPSA) is 154 Å². The van der Waals surface area contributed by atoms with Gasteiger partial charge in [-0.3, -0.25) is 24.6 Å². The van der Waals surface area contributed by atoms with Crippen LogP contribution in [0.25, 0.3) is 11.1 Å². The number of nitrogens with one attached hydrogen (secondary N) is 2. The Hall–Kier alpha value is -5.45. The number of hydrogen-bond donors (Lipinski definition) is 2. The number of carbonyl (C=O) groups excluding carboxylic acids is 2. The van der Waals surface area contributed by atoms with E-state index in [1.54, 1.807) is 36.0 Å². The highest BCUT2D eigenvalue weighted by Gasteiger charge is 2.26. The number of anilines is 2. The number of amides is 1. The number of ether oxygens (including phenoxy) is 1. The monoisotopic (exact) mass is 884 g/mol. The van der Waals surface area contributed by atoms with E-state index < -0.39 is 31.4 Å². The Kier molecular flexibility index (Phi) is 15.8. The minimum Gasteiger partial charge on any atom is -0.469 e. The third-order valence-corrected chi connectivity index (χ3v) is 13.2. The third-order valence-electron chi connectivity index (χ3n) is 10.5. The molecule has 1 aliphatic heterocycles. The lowest BCUT2D eigenvalue weighted by Gasteiger charge is -2.36. The van der Waals surface area contributed by atoms with Crippen LogP contribution in [0.15, 0.2) is 131 Å². The summed E-state index contributed by atoms with van der Waals surface area (Å²) < 4.78 is 33.7. The van der Waals surface area contributed by atoms with Crippen LogP contribution in [0.4, 0.5) is 17.1 Å². The Morgan fingerprint density at radius 1 is 0.902 bits per heavy atom. The molecule has 1 atom stereocenters. The molecule has 61 heavy (non-hydrogen) atoms. The van der Waals surface area contributed by atoms with E-state index in [9.17, 15) is 28.1 Å². The van der Waals surface area contributed by atoms with Gasteiger partial charge in [-0.1, -0.05) is 66.2 Å². The number of nitrogens with zero attached hydrogens (tertiary/aromatic N) is 4. The fourth-order valence-electron chi connectivity index (χ4n) is 6.99. The average Bonchev–Trinajstić information content (AvgIpc) is 3.27. The summed E-state index contributed by atoms with van der Waals surface area (Å²) in [6.45, 7) is 5.07. The summed E-state index contributed by atoms with van der Waals surface area (Å²) in [5.74, 6) is -0.612. The lowest BCUT2D eigenvalue weighted by atomic mass is 9.99. The van der Waals surface area contributed by atoms with Crippen molar-refractivity contribution in [2.45, 2.75) is 35.2 Å². The van der Waals surface area contributed by atoms with Gasteiger partial charge in [-0.15, -0.1) is 11.8 Å². The van der Waals surface area contributed by atoms with Crippen molar-refractivity contribution in [3.05, 3.63) is 148 Å². The molecule has 0 unspecified atom stereocenters. The number of halogens is 1. The number of sulfonamides is 1. The Balaban J connectivity index is 1.06. The SMILES string of the molecule is COC(=O)CCN(C)CC[C@H](CSc1ccccc1)Nc1ccc(S(=O)(=O)NC(=O)c2ccc(N3CCN(Cc4ccccc4-c4ccc(Cl)cc4)CC3)cc2)cc1[N+](=O)[O-]. The second kappa shape index (κ2) is 21.4. The van der Waals surface area contributed by atoms with Gasteiger partial charge in [0, 0.05) is 78.3 Å². The normalized spacial score (nSPS) is 13.7. The first-order valence-electron chi connectivity index (χ1n) is 19.8. The van der Waals surface area contributed by atoms with Gasteiger partial charge in [-0.25, -0.2) is 13.1 Å². The zero-order valence-electron chi connectivity index (χ0n) is 34.0. The molecule has 5 aromatic carbocycles.